The lowest BCUT2D eigenvalue weighted by molar-refractivity contribution is -0.207. The van der Waals surface area contributed by atoms with E-state index in [0.29, 0.717) is 31.9 Å². The second-order valence-electron chi connectivity index (χ2n) is 8.46. The molecule has 7 heteroatoms. The van der Waals surface area contributed by atoms with Gasteiger partial charge >= 0.3 is 11.9 Å². The molecule has 0 spiro atoms. The Hall–Kier alpha value is -2.12. The average Bonchev–Trinajstić information content (AvgIpc) is 2.65. The second-order valence-corrected chi connectivity index (χ2v) is 8.46. The quantitative estimate of drug-likeness (QED) is 0.509. The monoisotopic (exact) mass is 406 g/mol. The Morgan fingerprint density at radius 3 is 2.14 bits per heavy atom. The highest BCUT2D eigenvalue weighted by atomic mass is 16.7. The minimum absolute atomic E-state index is 0.201. The van der Waals surface area contributed by atoms with Crippen LogP contribution in [0.25, 0.3) is 0 Å². The molecule has 2 rings (SSSR count). The molecule has 1 aromatic rings. The van der Waals surface area contributed by atoms with Crippen molar-refractivity contribution in [2.75, 3.05) is 39.3 Å². The highest BCUT2D eigenvalue weighted by Gasteiger charge is 2.27. The number of carbonyl (C=O) groups excluding carboxylic acids is 2. The van der Waals surface area contributed by atoms with Crippen LogP contribution in [0, 0.1) is 19.3 Å². The van der Waals surface area contributed by atoms with Crippen LogP contribution in [-0.4, -0.2) is 61.2 Å². The lowest BCUT2D eigenvalue weighted by Gasteiger charge is -2.34. The lowest BCUT2D eigenvalue weighted by Crippen LogP contribution is -2.48. The minimum atomic E-state index is -0.494. The number of hydrogen-bond donors (Lipinski definition) is 0. The van der Waals surface area contributed by atoms with Gasteiger partial charge in [-0.3, -0.25) is 9.69 Å². The number of benzene rings is 1. The molecular formula is C22H34N2O5. The Labute approximate surface area is 173 Å². The second kappa shape index (κ2) is 10.1. The third-order valence-corrected chi connectivity index (χ3v) is 4.77. The van der Waals surface area contributed by atoms with E-state index in [1.807, 2.05) is 46.8 Å². The average molecular weight is 407 g/mol. The zero-order valence-electron chi connectivity index (χ0n) is 18.5. The van der Waals surface area contributed by atoms with Crippen molar-refractivity contribution in [2.45, 2.75) is 48.0 Å². The van der Waals surface area contributed by atoms with Crippen molar-refractivity contribution in [3.05, 3.63) is 23.3 Å². The Bertz CT molecular complexity index is 695. The molecule has 0 N–H and O–H groups in total. The maximum Gasteiger partial charge on any atom is 0.330 e. The summed E-state index contributed by atoms with van der Waals surface area (Å²) in [5, 5.41) is 1.74. The predicted molar refractivity (Wildman–Crippen MR) is 111 cm³/mol. The first-order valence-corrected chi connectivity index (χ1v) is 10.2. The molecule has 29 heavy (non-hydrogen) atoms. The van der Waals surface area contributed by atoms with Crippen LogP contribution in [-0.2, 0) is 14.4 Å². The topological polar surface area (TPSA) is 68.3 Å². The van der Waals surface area contributed by atoms with Gasteiger partial charge < -0.3 is 14.3 Å². The molecule has 1 heterocycles. The van der Waals surface area contributed by atoms with Gasteiger partial charge in [-0.15, -0.1) is 5.06 Å². The maximum atomic E-state index is 12.0. The number of rotatable bonds is 7. The van der Waals surface area contributed by atoms with Crippen LogP contribution in [0.15, 0.2) is 12.1 Å². The molecule has 0 unspecified atom stereocenters. The van der Waals surface area contributed by atoms with Gasteiger partial charge in [-0.2, -0.15) is 0 Å². The molecule has 1 saturated heterocycles. The van der Waals surface area contributed by atoms with E-state index in [-0.39, 0.29) is 11.9 Å². The van der Waals surface area contributed by atoms with Gasteiger partial charge in [-0.1, -0.05) is 6.92 Å². The summed E-state index contributed by atoms with van der Waals surface area (Å²) in [6, 6.07) is 3.80. The molecule has 0 saturated carbocycles. The fraction of sp³-hybridized carbons (Fsp3) is 0.636. The summed E-state index contributed by atoms with van der Waals surface area (Å²) in [5.41, 5.74) is 1.28. The first-order chi connectivity index (χ1) is 13.6. The van der Waals surface area contributed by atoms with Crippen LogP contribution in [0.1, 0.15) is 45.2 Å². The maximum absolute atomic E-state index is 12.0. The fourth-order valence-electron chi connectivity index (χ4n) is 2.93. The largest absolute Gasteiger partial charge is 0.492 e. The summed E-state index contributed by atoms with van der Waals surface area (Å²) < 4.78 is 11.3. The predicted octanol–water partition coefficient (Wildman–Crippen LogP) is 3.12. The standard InChI is InChI=1S/C22H34N2O5/c1-7-19(25)28-20-16(2)14-18(15-17(20)3)27-13-12-23-8-10-24(11-9-23)29-21(26)22(4,5)6/h14-15H,7-13H2,1-6H3. The third kappa shape index (κ3) is 7.01. The van der Waals surface area contributed by atoms with Crippen molar-refractivity contribution in [2.24, 2.45) is 5.41 Å². The smallest absolute Gasteiger partial charge is 0.330 e. The van der Waals surface area contributed by atoms with Crippen LogP contribution in [0.4, 0.5) is 0 Å². The Kier molecular flexibility index (Phi) is 8.05. The van der Waals surface area contributed by atoms with E-state index >= 15 is 0 Å². The Morgan fingerprint density at radius 1 is 1.03 bits per heavy atom. The van der Waals surface area contributed by atoms with Gasteiger partial charge in [0.15, 0.2) is 0 Å². The van der Waals surface area contributed by atoms with Gasteiger partial charge in [-0.25, -0.2) is 4.79 Å². The minimum Gasteiger partial charge on any atom is -0.492 e. The zero-order valence-corrected chi connectivity index (χ0v) is 18.5. The summed E-state index contributed by atoms with van der Waals surface area (Å²) in [6.45, 7) is 15.6. The molecule has 0 aliphatic carbocycles. The van der Waals surface area contributed by atoms with Crippen LogP contribution in [0.2, 0.25) is 0 Å². The highest BCUT2D eigenvalue weighted by Crippen LogP contribution is 2.28. The van der Waals surface area contributed by atoms with E-state index in [1.165, 1.54) is 0 Å². The van der Waals surface area contributed by atoms with E-state index in [0.717, 1.165) is 36.5 Å². The van der Waals surface area contributed by atoms with Gasteiger partial charge in [0.2, 0.25) is 0 Å². The van der Waals surface area contributed by atoms with Crippen LogP contribution < -0.4 is 9.47 Å². The number of hydrogen-bond acceptors (Lipinski definition) is 7. The highest BCUT2D eigenvalue weighted by molar-refractivity contribution is 5.75. The van der Waals surface area contributed by atoms with Crippen molar-refractivity contribution in [3.63, 3.8) is 0 Å². The molecule has 0 amide bonds. The third-order valence-electron chi connectivity index (χ3n) is 4.77. The first kappa shape index (κ1) is 23.2. The molecule has 7 nitrogen and oxygen atoms in total. The van der Waals surface area contributed by atoms with Gasteiger partial charge in [0.25, 0.3) is 0 Å². The van der Waals surface area contributed by atoms with Crippen LogP contribution in [0.5, 0.6) is 11.5 Å². The molecule has 1 fully saturated rings. The normalized spacial score (nSPS) is 15.8. The summed E-state index contributed by atoms with van der Waals surface area (Å²) in [6.07, 6.45) is 0.347. The molecule has 1 aliphatic heterocycles. The van der Waals surface area contributed by atoms with Crippen molar-refractivity contribution < 1.29 is 23.9 Å². The fourth-order valence-corrected chi connectivity index (χ4v) is 2.93. The Morgan fingerprint density at radius 2 is 1.62 bits per heavy atom. The van der Waals surface area contributed by atoms with Crippen molar-refractivity contribution in [3.8, 4) is 11.5 Å². The van der Waals surface area contributed by atoms with Crippen LogP contribution in [0.3, 0.4) is 0 Å². The number of hydroxylamine groups is 2. The molecule has 1 aliphatic rings. The molecule has 0 radical (unpaired) electrons. The van der Waals surface area contributed by atoms with E-state index in [9.17, 15) is 9.59 Å². The van der Waals surface area contributed by atoms with Crippen molar-refractivity contribution in [1.29, 1.82) is 0 Å². The summed E-state index contributed by atoms with van der Waals surface area (Å²) in [7, 11) is 0. The number of esters is 1. The van der Waals surface area contributed by atoms with E-state index < -0.39 is 5.41 Å². The molecular weight excluding hydrogens is 372 g/mol. The van der Waals surface area contributed by atoms with E-state index in [2.05, 4.69) is 4.90 Å². The Balaban J connectivity index is 1.77. The molecule has 1 aromatic carbocycles. The summed E-state index contributed by atoms with van der Waals surface area (Å²) in [4.78, 5) is 31.3. The SMILES string of the molecule is CCC(=O)Oc1c(C)cc(OCCN2CCN(OC(=O)C(C)(C)C)CC2)cc1C. The molecule has 0 aromatic heterocycles. The zero-order chi connectivity index (χ0) is 21.6. The molecule has 162 valence electrons. The number of ether oxygens (including phenoxy) is 2. The number of carbonyl (C=O) groups is 2. The molecule has 0 bridgehead atoms. The van der Waals surface area contributed by atoms with Crippen molar-refractivity contribution >= 4 is 11.9 Å². The number of piperazine rings is 1. The van der Waals surface area contributed by atoms with Crippen LogP contribution >= 0.6 is 0 Å². The number of aryl methyl sites for hydroxylation is 2. The van der Waals surface area contributed by atoms with Gasteiger partial charge in [0, 0.05) is 39.1 Å². The number of nitrogens with zero attached hydrogens (tertiary/aromatic N) is 2. The van der Waals surface area contributed by atoms with Gasteiger partial charge in [-0.05, 0) is 57.9 Å². The van der Waals surface area contributed by atoms with Gasteiger partial charge in [0.1, 0.15) is 18.1 Å². The van der Waals surface area contributed by atoms with Gasteiger partial charge in [0.05, 0.1) is 5.41 Å². The van der Waals surface area contributed by atoms with E-state index in [1.54, 1.807) is 12.0 Å². The first-order valence-electron chi connectivity index (χ1n) is 10.2. The lowest BCUT2D eigenvalue weighted by atomic mass is 9.98. The van der Waals surface area contributed by atoms with Crippen molar-refractivity contribution in [1.82, 2.24) is 9.96 Å². The summed E-state index contributed by atoms with van der Waals surface area (Å²) >= 11 is 0. The van der Waals surface area contributed by atoms with E-state index in [4.69, 9.17) is 14.3 Å². The molecule has 0 atom stereocenters. The summed E-state index contributed by atoms with van der Waals surface area (Å²) in [5.74, 6) is 0.949.